The molecule has 1 unspecified atom stereocenters. The fourth-order valence-corrected chi connectivity index (χ4v) is 5.14. The van der Waals surface area contributed by atoms with Gasteiger partial charge in [-0.15, -0.1) is 34.5 Å². The van der Waals surface area contributed by atoms with E-state index in [1.165, 1.54) is 0 Å². The molecule has 1 saturated carbocycles. The number of amides is 1. The number of hydrogen-bond donors (Lipinski definition) is 0. The van der Waals surface area contributed by atoms with Gasteiger partial charge in [0.15, 0.2) is 0 Å². The maximum Gasteiger partial charge on any atom is 0.231 e. The molecule has 7 heteroatoms. The fourth-order valence-electron chi connectivity index (χ4n) is 3.44. The third-order valence-electron chi connectivity index (χ3n) is 5.36. The summed E-state index contributed by atoms with van der Waals surface area (Å²) in [4.78, 5) is 23.4. The molecule has 2 aliphatic rings. The second-order valence-electron chi connectivity index (χ2n) is 7.09. The quantitative estimate of drug-likeness (QED) is 0.718. The first-order valence-electron chi connectivity index (χ1n) is 8.44. The topological polar surface area (TPSA) is 46.1 Å². The van der Waals surface area contributed by atoms with E-state index in [4.69, 9.17) is 28.2 Å². The van der Waals surface area contributed by atoms with Crippen molar-refractivity contribution >= 4 is 40.4 Å². The van der Waals surface area contributed by atoms with E-state index in [1.54, 1.807) is 23.7 Å². The Labute approximate surface area is 161 Å². The number of hydrogen-bond acceptors (Lipinski definition) is 4. The lowest BCUT2D eigenvalue weighted by atomic mass is 9.96. The monoisotopic (exact) mass is 395 g/mol. The van der Waals surface area contributed by atoms with E-state index in [1.807, 2.05) is 24.0 Å². The molecular weight excluding hydrogens is 377 g/mol. The molecule has 25 heavy (non-hydrogen) atoms. The van der Waals surface area contributed by atoms with Crippen LogP contribution in [0.4, 0.5) is 0 Å². The summed E-state index contributed by atoms with van der Waals surface area (Å²) in [7, 11) is 0. The smallest absolute Gasteiger partial charge is 0.231 e. The van der Waals surface area contributed by atoms with E-state index in [2.05, 4.69) is 10.4 Å². The Morgan fingerprint density at radius 3 is 2.52 bits per heavy atom. The maximum absolute atomic E-state index is 12.7. The van der Waals surface area contributed by atoms with E-state index < -0.39 is 9.75 Å². The van der Waals surface area contributed by atoms with E-state index in [-0.39, 0.29) is 5.91 Å². The number of carbonyl (C=O) groups excluding carboxylic acids is 1. The van der Waals surface area contributed by atoms with Crippen LogP contribution in [0.2, 0.25) is 0 Å². The van der Waals surface area contributed by atoms with Crippen molar-refractivity contribution in [2.24, 2.45) is 5.41 Å². The SMILES string of the molecule is CC1(C(=O)N2CCC(c3nc(-c4ccncc4)cs3)CC2)CC1(Cl)Cl. The molecule has 3 heterocycles. The summed E-state index contributed by atoms with van der Waals surface area (Å²) >= 11 is 14.0. The Balaban J connectivity index is 1.40. The second-order valence-corrected chi connectivity index (χ2v) is 9.46. The van der Waals surface area contributed by atoms with E-state index in [0.29, 0.717) is 12.3 Å². The molecule has 4 rings (SSSR count). The van der Waals surface area contributed by atoms with Crippen molar-refractivity contribution in [2.45, 2.75) is 36.4 Å². The third-order valence-corrected chi connectivity index (χ3v) is 7.47. The molecular formula is C18H19Cl2N3OS. The minimum absolute atomic E-state index is 0.0903. The van der Waals surface area contributed by atoms with Crippen LogP contribution in [-0.4, -0.2) is 38.2 Å². The van der Waals surface area contributed by atoms with Crippen LogP contribution in [-0.2, 0) is 4.79 Å². The molecule has 1 aliphatic carbocycles. The second kappa shape index (κ2) is 6.22. The summed E-state index contributed by atoms with van der Waals surface area (Å²) in [6.07, 6.45) is 5.98. The highest BCUT2D eigenvalue weighted by atomic mass is 35.5. The van der Waals surface area contributed by atoms with Gasteiger partial charge >= 0.3 is 0 Å². The van der Waals surface area contributed by atoms with Gasteiger partial charge in [-0.05, 0) is 38.3 Å². The summed E-state index contributed by atoms with van der Waals surface area (Å²) < 4.78 is -0.893. The summed E-state index contributed by atoms with van der Waals surface area (Å²) in [6, 6.07) is 3.95. The highest BCUT2D eigenvalue weighted by Gasteiger charge is 2.68. The summed E-state index contributed by atoms with van der Waals surface area (Å²) in [5, 5.41) is 3.25. The molecule has 0 radical (unpaired) electrons. The molecule has 1 amide bonds. The fraction of sp³-hybridized carbons (Fsp3) is 0.500. The van der Waals surface area contributed by atoms with E-state index in [0.717, 1.165) is 42.2 Å². The first-order chi connectivity index (χ1) is 11.9. The first-order valence-corrected chi connectivity index (χ1v) is 10.1. The molecule has 0 bridgehead atoms. The molecule has 2 aromatic heterocycles. The van der Waals surface area contributed by atoms with Crippen LogP contribution in [0.3, 0.4) is 0 Å². The number of thiazole rings is 1. The van der Waals surface area contributed by atoms with Crippen molar-refractivity contribution in [1.29, 1.82) is 0 Å². The Bertz CT molecular complexity index is 787. The number of aromatic nitrogens is 2. The number of halogens is 2. The molecule has 0 N–H and O–H groups in total. The largest absolute Gasteiger partial charge is 0.342 e. The predicted molar refractivity (Wildman–Crippen MR) is 101 cm³/mol. The number of alkyl halides is 2. The van der Waals surface area contributed by atoms with Crippen molar-refractivity contribution in [2.75, 3.05) is 13.1 Å². The average Bonchev–Trinajstić information content (AvgIpc) is 2.99. The Morgan fingerprint density at radius 2 is 1.92 bits per heavy atom. The van der Waals surface area contributed by atoms with Gasteiger partial charge in [0, 0.05) is 42.3 Å². The van der Waals surface area contributed by atoms with Crippen molar-refractivity contribution in [3.8, 4) is 11.3 Å². The molecule has 132 valence electrons. The summed E-state index contributed by atoms with van der Waals surface area (Å²) in [5.41, 5.74) is 1.48. The minimum Gasteiger partial charge on any atom is -0.342 e. The number of nitrogens with zero attached hydrogens (tertiary/aromatic N) is 3. The molecule has 1 atom stereocenters. The molecule has 0 aromatic carbocycles. The molecule has 1 aliphatic heterocycles. The molecule has 2 aromatic rings. The maximum atomic E-state index is 12.7. The number of rotatable bonds is 3. The van der Waals surface area contributed by atoms with Crippen LogP contribution in [0.5, 0.6) is 0 Å². The lowest BCUT2D eigenvalue weighted by Gasteiger charge is -2.33. The number of pyridine rings is 1. The van der Waals surface area contributed by atoms with Gasteiger partial charge in [0.2, 0.25) is 5.91 Å². The molecule has 0 spiro atoms. The Morgan fingerprint density at radius 1 is 1.28 bits per heavy atom. The zero-order chi connectivity index (χ0) is 17.7. The van der Waals surface area contributed by atoms with Crippen LogP contribution in [0.15, 0.2) is 29.9 Å². The van der Waals surface area contributed by atoms with Crippen LogP contribution in [0.25, 0.3) is 11.3 Å². The van der Waals surface area contributed by atoms with Crippen molar-refractivity contribution in [3.05, 3.63) is 34.9 Å². The van der Waals surface area contributed by atoms with Gasteiger partial charge in [-0.3, -0.25) is 9.78 Å². The van der Waals surface area contributed by atoms with Gasteiger partial charge in [0.25, 0.3) is 0 Å². The van der Waals surface area contributed by atoms with Gasteiger partial charge in [-0.2, -0.15) is 0 Å². The zero-order valence-corrected chi connectivity index (χ0v) is 16.2. The number of piperidine rings is 1. The zero-order valence-electron chi connectivity index (χ0n) is 13.9. The summed E-state index contributed by atoms with van der Waals surface area (Å²) in [5.74, 6) is 0.501. The predicted octanol–water partition coefficient (Wildman–Crippen LogP) is 4.50. The number of likely N-dealkylation sites (tertiary alicyclic amines) is 1. The van der Waals surface area contributed by atoms with E-state index >= 15 is 0 Å². The molecule has 2 fully saturated rings. The highest BCUT2D eigenvalue weighted by Crippen LogP contribution is 2.64. The van der Waals surface area contributed by atoms with Gasteiger partial charge in [-0.1, -0.05) is 0 Å². The van der Waals surface area contributed by atoms with Crippen molar-refractivity contribution in [3.63, 3.8) is 0 Å². The Kier molecular flexibility index (Phi) is 4.29. The first kappa shape index (κ1) is 17.3. The van der Waals surface area contributed by atoms with E-state index in [9.17, 15) is 4.79 Å². The van der Waals surface area contributed by atoms with Gasteiger partial charge < -0.3 is 4.90 Å². The van der Waals surface area contributed by atoms with Crippen molar-refractivity contribution in [1.82, 2.24) is 14.9 Å². The summed E-state index contributed by atoms with van der Waals surface area (Å²) in [6.45, 7) is 3.35. The molecule has 4 nitrogen and oxygen atoms in total. The van der Waals surface area contributed by atoms with Crippen LogP contribution < -0.4 is 0 Å². The van der Waals surface area contributed by atoms with Gasteiger partial charge in [0.1, 0.15) is 4.33 Å². The lowest BCUT2D eigenvalue weighted by Crippen LogP contribution is -2.42. The highest BCUT2D eigenvalue weighted by molar-refractivity contribution is 7.10. The minimum atomic E-state index is -0.893. The number of carbonyl (C=O) groups is 1. The lowest BCUT2D eigenvalue weighted by molar-refractivity contribution is -0.137. The van der Waals surface area contributed by atoms with Gasteiger partial charge in [-0.25, -0.2) is 4.98 Å². The Hall–Kier alpha value is -1.17. The average molecular weight is 396 g/mol. The van der Waals surface area contributed by atoms with Crippen LogP contribution in [0, 0.1) is 5.41 Å². The van der Waals surface area contributed by atoms with Gasteiger partial charge in [0.05, 0.1) is 16.1 Å². The van der Waals surface area contributed by atoms with Crippen molar-refractivity contribution < 1.29 is 4.79 Å². The normalized spacial score (nSPS) is 25.8. The molecule has 1 saturated heterocycles. The van der Waals surface area contributed by atoms with Crippen LogP contribution in [0.1, 0.15) is 37.1 Å². The third kappa shape index (κ3) is 3.07. The standard InChI is InChI=1S/C18H19Cl2N3OS/c1-17(11-18(17,19)20)16(24)23-8-4-13(5-9-23)15-22-14(10-25-15)12-2-6-21-7-3-12/h2-3,6-7,10,13H,4-5,8-9,11H2,1H3. The van der Waals surface area contributed by atoms with Crippen LogP contribution >= 0.6 is 34.5 Å².